The van der Waals surface area contributed by atoms with Crippen molar-refractivity contribution in [3.63, 3.8) is 0 Å². The van der Waals surface area contributed by atoms with Crippen LogP contribution in [-0.4, -0.2) is 24.2 Å². The van der Waals surface area contributed by atoms with Crippen LogP contribution in [-0.2, 0) is 20.6 Å². The number of anilines is 1. The third-order valence-electron chi connectivity index (χ3n) is 5.97. The zero-order valence-corrected chi connectivity index (χ0v) is 18.6. The first-order valence-corrected chi connectivity index (χ1v) is 10.4. The van der Waals surface area contributed by atoms with Gasteiger partial charge in [0.15, 0.2) is 0 Å². The number of fused-ring (bicyclic) bond motifs is 1. The largest absolute Gasteiger partial charge is 0.526 e. The molecule has 0 atom stereocenters. The number of rotatable bonds is 3. The third-order valence-corrected chi connectivity index (χ3v) is 6.55. The Morgan fingerprint density at radius 3 is 2.33 bits per heavy atom. The van der Waals surface area contributed by atoms with Crippen molar-refractivity contribution < 1.29 is 18.5 Å². The lowest BCUT2D eigenvalue weighted by Crippen LogP contribution is -2.41. The molecule has 156 valence electrons. The lowest BCUT2D eigenvalue weighted by molar-refractivity contribution is -0.113. The minimum absolute atomic E-state index is 0.0471. The van der Waals surface area contributed by atoms with Gasteiger partial charge in [0.1, 0.15) is 5.73 Å². The number of carbonyl (C=O) groups is 1. The first-order chi connectivity index (χ1) is 14.0. The third kappa shape index (κ3) is 3.46. The predicted octanol–water partition coefficient (Wildman–Crippen LogP) is 5.85. The van der Waals surface area contributed by atoms with E-state index in [-0.39, 0.29) is 12.1 Å². The molecule has 2 aromatic rings. The van der Waals surface area contributed by atoms with Crippen molar-refractivity contribution in [1.29, 1.82) is 0 Å². The van der Waals surface area contributed by atoms with Crippen LogP contribution in [0.25, 0.3) is 5.57 Å². The normalized spacial score (nSPS) is 21.2. The number of halogens is 3. The SMILES string of the molecule is CC1(C)OB(C(F)=C2C(=O)N(Cc3ccc(Cl)cc3Cl)c3ccccc32)OC1(C)C. The number of hydrogen-bond donors (Lipinski definition) is 0. The average molecular weight is 448 g/mol. The van der Waals surface area contributed by atoms with Crippen molar-refractivity contribution in [3.8, 4) is 0 Å². The van der Waals surface area contributed by atoms with Crippen molar-refractivity contribution >= 4 is 47.5 Å². The first-order valence-electron chi connectivity index (χ1n) is 9.62. The van der Waals surface area contributed by atoms with Crippen LogP contribution in [0.2, 0.25) is 10.0 Å². The average Bonchev–Trinajstić information content (AvgIpc) is 3.06. The second-order valence-electron chi connectivity index (χ2n) is 8.46. The van der Waals surface area contributed by atoms with Gasteiger partial charge >= 0.3 is 7.12 Å². The number of amides is 1. The summed E-state index contributed by atoms with van der Waals surface area (Å²) in [5.41, 5.74) is -0.387. The summed E-state index contributed by atoms with van der Waals surface area (Å²) in [6, 6.07) is 12.1. The lowest BCUT2D eigenvalue weighted by Gasteiger charge is -2.32. The van der Waals surface area contributed by atoms with Crippen LogP contribution in [0.5, 0.6) is 0 Å². The van der Waals surface area contributed by atoms with E-state index in [2.05, 4.69) is 0 Å². The molecule has 1 saturated heterocycles. The lowest BCUT2D eigenvalue weighted by atomic mass is 9.83. The van der Waals surface area contributed by atoms with Gasteiger partial charge in [-0.05, 0) is 51.5 Å². The van der Waals surface area contributed by atoms with Crippen molar-refractivity contribution in [2.45, 2.75) is 45.4 Å². The molecule has 2 aliphatic rings. The maximum atomic E-state index is 15.6. The topological polar surface area (TPSA) is 38.8 Å². The second-order valence-corrected chi connectivity index (χ2v) is 9.30. The molecule has 0 aliphatic carbocycles. The maximum absolute atomic E-state index is 15.6. The van der Waals surface area contributed by atoms with E-state index in [0.717, 1.165) is 0 Å². The van der Waals surface area contributed by atoms with Crippen LogP contribution in [0.4, 0.5) is 10.1 Å². The van der Waals surface area contributed by atoms with E-state index in [1.54, 1.807) is 42.5 Å². The monoisotopic (exact) mass is 447 g/mol. The van der Waals surface area contributed by atoms with Gasteiger partial charge in [0.25, 0.3) is 5.91 Å². The Morgan fingerprint density at radius 1 is 1.07 bits per heavy atom. The quantitative estimate of drug-likeness (QED) is 0.437. The fourth-order valence-electron chi connectivity index (χ4n) is 3.55. The predicted molar refractivity (Wildman–Crippen MR) is 118 cm³/mol. The highest BCUT2D eigenvalue weighted by Crippen LogP contribution is 2.44. The Morgan fingerprint density at radius 2 is 1.70 bits per heavy atom. The van der Waals surface area contributed by atoms with Crippen molar-refractivity contribution in [3.05, 3.63) is 69.4 Å². The van der Waals surface area contributed by atoms with Crippen LogP contribution in [0.15, 0.2) is 48.2 Å². The molecular formula is C22H21BCl2FNO3. The first kappa shape index (κ1) is 21.4. The molecule has 0 saturated carbocycles. The smallest absolute Gasteiger partial charge is 0.398 e. The fourth-order valence-corrected chi connectivity index (χ4v) is 4.02. The van der Waals surface area contributed by atoms with E-state index in [1.165, 1.54) is 4.90 Å². The second kappa shape index (κ2) is 7.38. The van der Waals surface area contributed by atoms with Gasteiger partial charge in [-0.15, -0.1) is 0 Å². The molecule has 1 fully saturated rings. The number of carbonyl (C=O) groups excluding carboxylic acids is 1. The van der Waals surface area contributed by atoms with Crippen molar-refractivity contribution in [1.82, 2.24) is 0 Å². The molecule has 0 spiro atoms. The van der Waals surface area contributed by atoms with Crippen LogP contribution < -0.4 is 4.90 Å². The molecule has 4 rings (SSSR count). The van der Waals surface area contributed by atoms with E-state index in [4.69, 9.17) is 32.5 Å². The molecule has 2 aliphatic heterocycles. The number of hydrogen-bond acceptors (Lipinski definition) is 3. The van der Waals surface area contributed by atoms with E-state index in [1.807, 2.05) is 27.7 Å². The molecular weight excluding hydrogens is 427 g/mol. The molecule has 0 N–H and O–H groups in total. The highest BCUT2D eigenvalue weighted by molar-refractivity contribution is 6.58. The van der Waals surface area contributed by atoms with Gasteiger partial charge < -0.3 is 14.2 Å². The van der Waals surface area contributed by atoms with Crippen LogP contribution >= 0.6 is 23.2 Å². The summed E-state index contributed by atoms with van der Waals surface area (Å²) in [6.07, 6.45) is 0. The number of para-hydroxylation sites is 1. The molecule has 2 aromatic carbocycles. The standard InChI is InChI=1S/C22H21BCl2FNO3/c1-21(2)22(3,4)30-23(29-21)19(26)18-15-7-5-6-8-17(15)27(20(18)28)12-13-9-10-14(24)11-16(13)25/h5-11H,12H2,1-4H3. The van der Waals surface area contributed by atoms with Gasteiger partial charge in [0, 0.05) is 15.6 Å². The molecule has 2 heterocycles. The van der Waals surface area contributed by atoms with Gasteiger partial charge in [0.05, 0.1) is 29.0 Å². The summed E-state index contributed by atoms with van der Waals surface area (Å²) in [7, 11) is -1.25. The maximum Gasteiger partial charge on any atom is 0.526 e. The highest BCUT2D eigenvalue weighted by atomic mass is 35.5. The van der Waals surface area contributed by atoms with Crippen molar-refractivity contribution in [2.24, 2.45) is 0 Å². The minimum Gasteiger partial charge on any atom is -0.398 e. The number of nitrogens with zero attached hydrogens (tertiary/aromatic N) is 1. The molecule has 4 nitrogen and oxygen atoms in total. The van der Waals surface area contributed by atoms with Gasteiger partial charge in [-0.3, -0.25) is 4.79 Å². The van der Waals surface area contributed by atoms with Crippen molar-refractivity contribution in [2.75, 3.05) is 4.90 Å². The van der Waals surface area contributed by atoms with Gasteiger partial charge in [-0.1, -0.05) is 47.5 Å². The van der Waals surface area contributed by atoms with E-state index < -0.39 is 30.0 Å². The Balaban J connectivity index is 1.74. The Labute approximate surface area is 185 Å². The summed E-state index contributed by atoms with van der Waals surface area (Å²) in [5, 5.41) is 0.945. The number of benzene rings is 2. The van der Waals surface area contributed by atoms with E-state index in [0.29, 0.717) is 26.9 Å². The van der Waals surface area contributed by atoms with Gasteiger partial charge in [-0.2, -0.15) is 0 Å². The zero-order chi connectivity index (χ0) is 21.8. The van der Waals surface area contributed by atoms with Crippen LogP contribution in [0.3, 0.4) is 0 Å². The van der Waals surface area contributed by atoms with Gasteiger partial charge in [0.2, 0.25) is 0 Å². The summed E-state index contributed by atoms with van der Waals surface area (Å²) in [4.78, 5) is 14.8. The zero-order valence-electron chi connectivity index (χ0n) is 17.1. The summed E-state index contributed by atoms with van der Waals surface area (Å²) in [5.74, 6) is -0.463. The van der Waals surface area contributed by atoms with E-state index >= 15 is 4.39 Å². The molecule has 8 heteroatoms. The Kier molecular flexibility index (Phi) is 5.26. The van der Waals surface area contributed by atoms with Gasteiger partial charge in [-0.25, -0.2) is 4.39 Å². The molecule has 0 radical (unpaired) electrons. The highest BCUT2D eigenvalue weighted by Gasteiger charge is 2.54. The summed E-state index contributed by atoms with van der Waals surface area (Å²) < 4.78 is 27.3. The summed E-state index contributed by atoms with van der Waals surface area (Å²) >= 11 is 12.3. The molecule has 1 amide bonds. The van der Waals surface area contributed by atoms with E-state index in [9.17, 15) is 4.79 Å². The van der Waals surface area contributed by atoms with Crippen LogP contribution in [0.1, 0.15) is 38.8 Å². The molecule has 0 bridgehead atoms. The van der Waals surface area contributed by atoms with Crippen LogP contribution in [0, 0.1) is 0 Å². The fraction of sp³-hybridized carbons (Fsp3) is 0.318. The Hall–Kier alpha value is -1.86. The minimum atomic E-state index is -1.25. The molecule has 0 unspecified atom stereocenters. The molecule has 0 aromatic heterocycles. The molecule has 30 heavy (non-hydrogen) atoms. The summed E-state index contributed by atoms with van der Waals surface area (Å²) in [6.45, 7) is 7.54. The Bertz CT molecular complexity index is 1050.